The van der Waals surface area contributed by atoms with E-state index in [4.69, 9.17) is 21.7 Å². The molecule has 1 saturated heterocycles. The summed E-state index contributed by atoms with van der Waals surface area (Å²) in [4.78, 5) is 29.3. The third-order valence-corrected chi connectivity index (χ3v) is 6.66. The van der Waals surface area contributed by atoms with Gasteiger partial charge in [0, 0.05) is 26.1 Å². The van der Waals surface area contributed by atoms with Gasteiger partial charge in [-0.25, -0.2) is 0 Å². The smallest absolute Gasteiger partial charge is 0.266 e. The van der Waals surface area contributed by atoms with E-state index in [1.807, 2.05) is 48.5 Å². The average Bonchev–Trinajstić information content (AvgIpc) is 3.38. The summed E-state index contributed by atoms with van der Waals surface area (Å²) in [6.45, 7) is 1.18. The number of carbonyl (C=O) groups excluding carboxylic acids is 2. The lowest BCUT2D eigenvalue weighted by Crippen LogP contribution is -2.34. The summed E-state index contributed by atoms with van der Waals surface area (Å²) in [5.41, 5.74) is 1.83. The van der Waals surface area contributed by atoms with Gasteiger partial charge in [-0.05, 0) is 35.8 Å². The molecule has 0 spiro atoms. The van der Waals surface area contributed by atoms with Crippen LogP contribution < -0.4 is 9.47 Å². The molecule has 7 nitrogen and oxygen atoms in total. The summed E-state index contributed by atoms with van der Waals surface area (Å²) >= 11 is 6.66. The summed E-state index contributed by atoms with van der Waals surface area (Å²) in [5.74, 6) is 1.12. The van der Waals surface area contributed by atoms with E-state index in [1.54, 1.807) is 15.9 Å². The van der Waals surface area contributed by atoms with Crippen LogP contribution in [0, 0.1) is 0 Å². The van der Waals surface area contributed by atoms with Crippen LogP contribution in [-0.4, -0.2) is 57.5 Å². The number of amides is 2. The van der Waals surface area contributed by atoms with Crippen LogP contribution in [0.1, 0.15) is 24.0 Å². The lowest BCUT2D eigenvalue weighted by Gasteiger charge is -2.22. The van der Waals surface area contributed by atoms with E-state index < -0.39 is 0 Å². The van der Waals surface area contributed by atoms with Gasteiger partial charge in [0.1, 0.15) is 4.32 Å². The van der Waals surface area contributed by atoms with Crippen LogP contribution >= 0.6 is 24.0 Å². The van der Waals surface area contributed by atoms with Crippen LogP contribution in [0.5, 0.6) is 11.5 Å². The van der Waals surface area contributed by atoms with Gasteiger partial charge in [0.25, 0.3) is 5.91 Å². The van der Waals surface area contributed by atoms with Crippen molar-refractivity contribution in [3.8, 4) is 11.5 Å². The van der Waals surface area contributed by atoms with Crippen LogP contribution in [0.4, 0.5) is 0 Å². The van der Waals surface area contributed by atoms with Gasteiger partial charge in [0.2, 0.25) is 12.7 Å². The van der Waals surface area contributed by atoms with Gasteiger partial charge >= 0.3 is 0 Å². The fourth-order valence-electron chi connectivity index (χ4n) is 3.61. The first-order chi connectivity index (χ1) is 16.0. The highest BCUT2D eigenvalue weighted by molar-refractivity contribution is 8.26. The minimum atomic E-state index is -0.161. The minimum Gasteiger partial charge on any atom is -0.454 e. The Labute approximate surface area is 202 Å². The number of thioether (sulfide) groups is 1. The third kappa shape index (κ3) is 5.73. The Kier molecular flexibility index (Phi) is 7.64. The lowest BCUT2D eigenvalue weighted by atomic mass is 10.2. The van der Waals surface area contributed by atoms with Crippen LogP contribution in [0.15, 0.2) is 53.4 Å². The Morgan fingerprint density at radius 1 is 1.18 bits per heavy atom. The number of thiocarbonyl (C=S) groups is 1. The molecule has 1 fully saturated rings. The molecule has 4 rings (SSSR count). The maximum absolute atomic E-state index is 12.9. The molecule has 0 radical (unpaired) electrons. The second-order valence-corrected chi connectivity index (χ2v) is 9.25. The number of fused-ring (bicyclic) bond motifs is 1. The predicted molar refractivity (Wildman–Crippen MR) is 131 cm³/mol. The van der Waals surface area contributed by atoms with Crippen molar-refractivity contribution in [2.24, 2.45) is 0 Å². The van der Waals surface area contributed by atoms with Gasteiger partial charge in [0.05, 0.1) is 11.5 Å². The molecule has 0 unspecified atom stereocenters. The first-order valence-corrected chi connectivity index (χ1v) is 11.8. The number of ether oxygens (including phenoxy) is 2. The number of aliphatic hydroxyl groups is 1. The van der Waals surface area contributed by atoms with E-state index in [0.717, 1.165) is 11.1 Å². The van der Waals surface area contributed by atoms with Crippen molar-refractivity contribution in [3.63, 3.8) is 0 Å². The van der Waals surface area contributed by atoms with E-state index >= 15 is 0 Å². The molecule has 2 heterocycles. The second-order valence-electron chi connectivity index (χ2n) is 7.57. The molecule has 2 aliphatic rings. The molecule has 2 aromatic rings. The molecule has 0 aliphatic carbocycles. The van der Waals surface area contributed by atoms with Crippen LogP contribution in [0.3, 0.4) is 0 Å². The lowest BCUT2D eigenvalue weighted by molar-refractivity contribution is -0.132. The second kappa shape index (κ2) is 10.8. The Morgan fingerprint density at radius 3 is 2.76 bits per heavy atom. The number of benzene rings is 2. The number of hydrogen-bond donors (Lipinski definition) is 1. The Balaban J connectivity index is 1.33. The molecule has 2 aliphatic heterocycles. The van der Waals surface area contributed by atoms with E-state index in [1.165, 1.54) is 11.8 Å². The van der Waals surface area contributed by atoms with Crippen LogP contribution in [-0.2, 0) is 16.1 Å². The minimum absolute atomic E-state index is 0.0609. The highest BCUT2D eigenvalue weighted by atomic mass is 32.2. The van der Waals surface area contributed by atoms with Crippen molar-refractivity contribution in [1.29, 1.82) is 0 Å². The Hall–Kier alpha value is -2.88. The number of rotatable bonds is 9. The van der Waals surface area contributed by atoms with Crippen LogP contribution in [0.25, 0.3) is 6.08 Å². The zero-order chi connectivity index (χ0) is 23.2. The zero-order valence-electron chi connectivity index (χ0n) is 17.9. The summed E-state index contributed by atoms with van der Waals surface area (Å²) in [5, 5.41) is 9.35. The van der Waals surface area contributed by atoms with Crippen molar-refractivity contribution in [1.82, 2.24) is 9.80 Å². The molecular weight excluding hydrogens is 460 g/mol. The van der Waals surface area contributed by atoms with Crippen LogP contribution in [0.2, 0.25) is 0 Å². The summed E-state index contributed by atoms with van der Waals surface area (Å²) in [7, 11) is 0. The number of carbonyl (C=O) groups is 2. The average molecular weight is 485 g/mol. The quantitative estimate of drug-likeness (QED) is 0.432. The van der Waals surface area contributed by atoms with E-state index in [-0.39, 0.29) is 38.2 Å². The fourth-order valence-corrected chi connectivity index (χ4v) is 4.92. The maximum atomic E-state index is 12.9. The van der Waals surface area contributed by atoms with Gasteiger partial charge < -0.3 is 19.5 Å². The third-order valence-electron chi connectivity index (χ3n) is 5.28. The Bertz CT molecular complexity index is 1070. The molecule has 0 aromatic heterocycles. The van der Waals surface area contributed by atoms with Gasteiger partial charge in [0.15, 0.2) is 11.5 Å². The standard InChI is InChI=1S/C24H24N2O5S2/c27-12-11-25(15-17-5-2-1-3-6-17)22(28)7-4-10-26-23(29)21(33-24(26)32)14-18-8-9-19-20(13-18)31-16-30-19/h1-3,5-6,8-9,13-14,27H,4,7,10-12,15-16H2/b21-14-. The van der Waals surface area contributed by atoms with Gasteiger partial charge in [-0.15, -0.1) is 0 Å². The first-order valence-electron chi connectivity index (χ1n) is 10.6. The van der Waals surface area contributed by atoms with Crippen molar-refractivity contribution in [2.75, 3.05) is 26.5 Å². The molecule has 1 N–H and O–H groups in total. The van der Waals surface area contributed by atoms with Crippen molar-refractivity contribution < 1.29 is 24.2 Å². The summed E-state index contributed by atoms with van der Waals surface area (Å²) in [6, 6.07) is 15.2. The molecule has 0 saturated carbocycles. The molecule has 172 valence electrons. The summed E-state index contributed by atoms with van der Waals surface area (Å²) in [6.07, 6.45) is 2.54. The number of nitrogens with zero attached hydrogens (tertiary/aromatic N) is 2. The molecule has 0 bridgehead atoms. The van der Waals surface area contributed by atoms with E-state index in [0.29, 0.717) is 40.2 Å². The molecule has 9 heteroatoms. The molecule has 0 atom stereocenters. The molecule has 2 amide bonds. The highest BCUT2D eigenvalue weighted by Gasteiger charge is 2.32. The zero-order valence-corrected chi connectivity index (χ0v) is 19.6. The van der Waals surface area contributed by atoms with Gasteiger partial charge in [-0.2, -0.15) is 0 Å². The predicted octanol–water partition coefficient (Wildman–Crippen LogP) is 3.42. The fraction of sp³-hybridized carbons (Fsp3) is 0.292. The summed E-state index contributed by atoms with van der Waals surface area (Å²) < 4.78 is 11.2. The Morgan fingerprint density at radius 2 is 1.97 bits per heavy atom. The number of hydrogen-bond acceptors (Lipinski definition) is 7. The topological polar surface area (TPSA) is 79.3 Å². The SMILES string of the molecule is O=C(CCCN1C(=O)/C(=C/c2ccc3c(c2)OCO3)SC1=S)N(CCO)Cc1ccccc1. The van der Waals surface area contributed by atoms with Crippen molar-refractivity contribution in [2.45, 2.75) is 19.4 Å². The first kappa shape index (κ1) is 23.3. The van der Waals surface area contributed by atoms with Crippen molar-refractivity contribution in [3.05, 3.63) is 64.6 Å². The van der Waals surface area contributed by atoms with Gasteiger partial charge in [-0.1, -0.05) is 60.4 Å². The highest BCUT2D eigenvalue weighted by Crippen LogP contribution is 2.36. The largest absolute Gasteiger partial charge is 0.454 e. The number of aliphatic hydroxyl groups excluding tert-OH is 1. The maximum Gasteiger partial charge on any atom is 0.266 e. The molecular formula is C24H24N2O5S2. The monoisotopic (exact) mass is 484 g/mol. The van der Waals surface area contributed by atoms with E-state index in [2.05, 4.69) is 0 Å². The normalized spacial score (nSPS) is 16.0. The van der Waals surface area contributed by atoms with Crippen molar-refractivity contribution >= 4 is 46.2 Å². The molecule has 33 heavy (non-hydrogen) atoms. The van der Waals surface area contributed by atoms with E-state index in [9.17, 15) is 14.7 Å². The van der Waals surface area contributed by atoms with Gasteiger partial charge in [-0.3, -0.25) is 14.5 Å². The molecule has 2 aromatic carbocycles.